The lowest BCUT2D eigenvalue weighted by molar-refractivity contribution is -0.127. The molecule has 0 aliphatic heterocycles. The van der Waals surface area contributed by atoms with E-state index in [1.54, 1.807) is 0 Å². The first-order valence-electron chi connectivity index (χ1n) is 4.10. The van der Waals surface area contributed by atoms with E-state index in [1.165, 1.54) is 25.3 Å². The molecule has 0 bridgehead atoms. The van der Waals surface area contributed by atoms with Crippen LogP contribution in [0, 0.1) is 11.3 Å². The van der Waals surface area contributed by atoms with Gasteiger partial charge in [0.2, 0.25) is 0 Å². The Balaban J connectivity index is 3.04. The smallest absolute Gasteiger partial charge is 0.393 e. The zero-order chi connectivity index (χ0) is 11.5. The second kappa shape index (κ2) is 4.22. The number of hydrogen-bond donors (Lipinski definition) is 0. The summed E-state index contributed by atoms with van der Waals surface area (Å²) in [6.45, 7) is 0. The Bertz CT molecular complexity index is 393. The summed E-state index contributed by atoms with van der Waals surface area (Å²) < 4.78 is 41.1. The normalized spacial score (nSPS) is 10.9. The molecule has 0 aliphatic carbocycles. The van der Waals surface area contributed by atoms with Crippen LogP contribution in [0.4, 0.5) is 13.2 Å². The molecule has 0 radical (unpaired) electrons. The first kappa shape index (κ1) is 11.4. The van der Waals surface area contributed by atoms with Crippen LogP contribution in [0.5, 0.6) is 5.75 Å². The van der Waals surface area contributed by atoms with Gasteiger partial charge in [0.15, 0.2) is 0 Å². The average molecular weight is 215 g/mol. The van der Waals surface area contributed by atoms with Gasteiger partial charge < -0.3 is 4.74 Å². The van der Waals surface area contributed by atoms with Crippen molar-refractivity contribution in [1.29, 1.82) is 5.26 Å². The molecule has 2 nitrogen and oxygen atoms in total. The van der Waals surface area contributed by atoms with E-state index in [0.29, 0.717) is 0 Å². The Morgan fingerprint density at radius 1 is 1.40 bits per heavy atom. The Labute approximate surface area is 84.9 Å². The van der Waals surface area contributed by atoms with E-state index in [1.807, 2.05) is 6.07 Å². The fraction of sp³-hybridized carbons (Fsp3) is 0.300. The van der Waals surface area contributed by atoms with Crippen molar-refractivity contribution in [1.82, 2.24) is 0 Å². The molecule has 0 aromatic heterocycles. The van der Waals surface area contributed by atoms with Gasteiger partial charge in [0.05, 0.1) is 25.2 Å². The van der Waals surface area contributed by atoms with E-state index in [0.717, 1.165) is 0 Å². The maximum absolute atomic E-state index is 12.1. The zero-order valence-corrected chi connectivity index (χ0v) is 7.93. The summed E-state index contributed by atoms with van der Waals surface area (Å²) in [6.07, 6.45) is -5.33. The van der Waals surface area contributed by atoms with Crippen molar-refractivity contribution < 1.29 is 17.9 Å². The average Bonchev–Trinajstić information content (AvgIpc) is 2.16. The van der Waals surface area contributed by atoms with Gasteiger partial charge in [0, 0.05) is 5.56 Å². The van der Waals surface area contributed by atoms with Crippen LogP contribution in [0.15, 0.2) is 18.2 Å². The second-order valence-corrected chi connectivity index (χ2v) is 2.93. The summed E-state index contributed by atoms with van der Waals surface area (Å²) in [4.78, 5) is 0. The van der Waals surface area contributed by atoms with E-state index in [4.69, 9.17) is 10.00 Å². The molecule has 0 saturated heterocycles. The van der Waals surface area contributed by atoms with Crippen LogP contribution in [0.1, 0.15) is 11.1 Å². The fourth-order valence-electron chi connectivity index (χ4n) is 1.18. The third-order valence-corrected chi connectivity index (χ3v) is 1.81. The highest BCUT2D eigenvalue weighted by Crippen LogP contribution is 2.28. The molecule has 1 aromatic carbocycles. The lowest BCUT2D eigenvalue weighted by Gasteiger charge is -2.10. The van der Waals surface area contributed by atoms with Crippen LogP contribution in [-0.4, -0.2) is 13.3 Å². The molecule has 80 valence electrons. The number of nitrogens with zero attached hydrogens (tertiary/aromatic N) is 1. The predicted molar refractivity (Wildman–Crippen MR) is 47.5 cm³/mol. The molecule has 0 heterocycles. The molecule has 0 atom stereocenters. The first-order chi connectivity index (χ1) is 6.96. The van der Waals surface area contributed by atoms with Gasteiger partial charge in [-0.15, -0.1) is 0 Å². The molecule has 1 aromatic rings. The minimum absolute atomic E-state index is 0.0315. The summed E-state index contributed by atoms with van der Waals surface area (Å²) in [7, 11) is 1.27. The monoisotopic (exact) mass is 215 g/mol. The fourth-order valence-corrected chi connectivity index (χ4v) is 1.18. The quantitative estimate of drug-likeness (QED) is 0.759. The summed E-state index contributed by atoms with van der Waals surface area (Å²) in [5, 5.41) is 8.55. The molecular weight excluding hydrogens is 207 g/mol. The molecule has 0 fully saturated rings. The van der Waals surface area contributed by atoms with Gasteiger partial charge in [0.1, 0.15) is 5.75 Å². The minimum Gasteiger partial charge on any atom is -0.496 e. The number of ether oxygens (including phenoxy) is 1. The Morgan fingerprint density at radius 2 is 2.07 bits per heavy atom. The van der Waals surface area contributed by atoms with Crippen LogP contribution < -0.4 is 4.74 Å². The Kier molecular flexibility index (Phi) is 3.20. The molecule has 0 saturated carbocycles. The Morgan fingerprint density at radius 3 is 2.53 bits per heavy atom. The summed E-state index contributed by atoms with van der Waals surface area (Å²) in [5.74, 6) is 0.0892. The maximum atomic E-state index is 12.1. The van der Waals surface area contributed by atoms with Crippen LogP contribution in [-0.2, 0) is 6.42 Å². The van der Waals surface area contributed by atoms with E-state index in [2.05, 4.69) is 0 Å². The van der Waals surface area contributed by atoms with Crippen LogP contribution in [0.25, 0.3) is 0 Å². The highest BCUT2D eigenvalue weighted by Gasteiger charge is 2.29. The van der Waals surface area contributed by atoms with Gasteiger partial charge in [0.25, 0.3) is 0 Å². The highest BCUT2D eigenvalue weighted by atomic mass is 19.4. The second-order valence-electron chi connectivity index (χ2n) is 2.93. The van der Waals surface area contributed by atoms with Crippen LogP contribution in [0.3, 0.4) is 0 Å². The van der Waals surface area contributed by atoms with Crippen molar-refractivity contribution in [2.75, 3.05) is 7.11 Å². The lowest BCUT2D eigenvalue weighted by atomic mass is 10.1. The number of alkyl halides is 3. The van der Waals surface area contributed by atoms with Crippen molar-refractivity contribution in [2.24, 2.45) is 0 Å². The number of benzene rings is 1. The molecule has 15 heavy (non-hydrogen) atoms. The summed E-state index contributed by atoms with van der Waals surface area (Å²) in [5.41, 5.74) is 0.307. The standard InChI is InChI=1S/C10H8F3NO/c1-15-9-4-7(6-14)2-3-8(9)5-10(11,12)13/h2-4H,5H2,1H3. The molecule has 0 amide bonds. The van der Waals surface area contributed by atoms with Gasteiger partial charge in [-0.3, -0.25) is 0 Å². The van der Waals surface area contributed by atoms with E-state index >= 15 is 0 Å². The third kappa shape index (κ3) is 3.17. The van der Waals surface area contributed by atoms with Crippen LogP contribution in [0.2, 0.25) is 0 Å². The number of halogens is 3. The Hall–Kier alpha value is -1.70. The third-order valence-electron chi connectivity index (χ3n) is 1.81. The molecule has 0 unspecified atom stereocenters. The van der Waals surface area contributed by atoms with Gasteiger partial charge in [-0.1, -0.05) is 6.07 Å². The molecule has 0 N–H and O–H groups in total. The van der Waals surface area contributed by atoms with Crippen molar-refractivity contribution in [3.63, 3.8) is 0 Å². The summed E-state index contributed by atoms with van der Waals surface area (Å²) >= 11 is 0. The van der Waals surface area contributed by atoms with Crippen LogP contribution >= 0.6 is 0 Å². The van der Waals surface area contributed by atoms with Crippen molar-refractivity contribution in [3.8, 4) is 11.8 Å². The van der Waals surface area contributed by atoms with Crippen molar-refractivity contribution >= 4 is 0 Å². The predicted octanol–water partition coefficient (Wildman–Crippen LogP) is 2.67. The zero-order valence-electron chi connectivity index (χ0n) is 7.93. The number of nitriles is 1. The van der Waals surface area contributed by atoms with Gasteiger partial charge >= 0.3 is 6.18 Å². The highest BCUT2D eigenvalue weighted by molar-refractivity contribution is 5.42. The van der Waals surface area contributed by atoms with Crippen molar-refractivity contribution in [2.45, 2.75) is 12.6 Å². The molecule has 0 aliphatic rings. The van der Waals surface area contributed by atoms with Gasteiger partial charge in [-0.25, -0.2) is 0 Å². The first-order valence-corrected chi connectivity index (χ1v) is 4.10. The largest absolute Gasteiger partial charge is 0.496 e. The SMILES string of the molecule is COc1cc(C#N)ccc1CC(F)(F)F. The number of methoxy groups -OCH3 is 1. The number of rotatable bonds is 2. The maximum Gasteiger partial charge on any atom is 0.393 e. The number of hydrogen-bond acceptors (Lipinski definition) is 2. The van der Waals surface area contributed by atoms with Gasteiger partial charge in [-0.05, 0) is 12.1 Å². The lowest BCUT2D eigenvalue weighted by Crippen LogP contribution is -2.12. The molecule has 1 rings (SSSR count). The topological polar surface area (TPSA) is 33.0 Å². The summed E-state index contributed by atoms with van der Waals surface area (Å²) in [6, 6.07) is 5.71. The van der Waals surface area contributed by atoms with Gasteiger partial charge in [-0.2, -0.15) is 18.4 Å². The minimum atomic E-state index is -4.28. The molecule has 5 heteroatoms. The van der Waals surface area contributed by atoms with E-state index < -0.39 is 12.6 Å². The van der Waals surface area contributed by atoms with E-state index in [9.17, 15) is 13.2 Å². The molecule has 0 spiro atoms. The van der Waals surface area contributed by atoms with E-state index in [-0.39, 0.29) is 16.9 Å². The van der Waals surface area contributed by atoms with Crippen molar-refractivity contribution in [3.05, 3.63) is 29.3 Å². The molecular formula is C10H8F3NO.